The number of carbonyl (C=O) groups is 1. The second-order valence-corrected chi connectivity index (χ2v) is 11.4. The van der Waals surface area contributed by atoms with E-state index in [1.54, 1.807) is 17.3 Å². The van der Waals surface area contributed by atoms with Crippen LogP contribution in [0.3, 0.4) is 0 Å². The standard InChI is InChI=1S/C22H30N8O3S/c1-4-16(22(31)29-10-14-6-7-34(32,33)17(14)11-29)27-19-18-21(26-12-25-19)30(5-2)20(28-18)15-8-23-13(3)24-9-15/h8-9,12,14,16-17,32-33H,4-7,10-11H2,1-3H3,(H,25,26,27)/t14-,16-,17-/m1/s1. The van der Waals surface area contributed by atoms with E-state index in [1.165, 1.54) is 6.33 Å². The molecule has 3 atom stereocenters. The minimum absolute atomic E-state index is 0.0547. The van der Waals surface area contributed by atoms with Crippen LogP contribution in [0.15, 0.2) is 18.7 Å². The minimum Gasteiger partial charge on any atom is -0.356 e. The molecule has 0 bridgehead atoms. The molecule has 2 saturated heterocycles. The van der Waals surface area contributed by atoms with Crippen molar-refractivity contribution in [3.63, 3.8) is 0 Å². The molecule has 0 saturated carbocycles. The van der Waals surface area contributed by atoms with Crippen molar-refractivity contribution in [2.24, 2.45) is 5.92 Å². The number of fused-ring (bicyclic) bond motifs is 2. The number of hydrogen-bond donors (Lipinski definition) is 3. The summed E-state index contributed by atoms with van der Waals surface area (Å²) in [6.07, 6.45) is 6.26. The highest BCUT2D eigenvalue weighted by Crippen LogP contribution is 2.57. The Morgan fingerprint density at radius 1 is 1.21 bits per heavy atom. The summed E-state index contributed by atoms with van der Waals surface area (Å²) in [6.45, 7) is 7.40. The lowest BCUT2D eigenvalue weighted by Gasteiger charge is -2.34. The third-order valence-corrected chi connectivity index (χ3v) is 9.21. The molecule has 2 fully saturated rings. The van der Waals surface area contributed by atoms with Gasteiger partial charge in [0.05, 0.1) is 10.8 Å². The number of carbonyl (C=O) groups excluding carboxylic acids is 1. The molecule has 0 spiro atoms. The number of likely N-dealkylation sites (tertiary alicyclic amines) is 1. The summed E-state index contributed by atoms with van der Waals surface area (Å²) in [7, 11) is -2.60. The zero-order chi connectivity index (χ0) is 24.0. The highest BCUT2D eigenvalue weighted by molar-refractivity contribution is 8.25. The lowest BCUT2D eigenvalue weighted by atomic mass is 10.1. The molecule has 12 heteroatoms. The van der Waals surface area contributed by atoms with Crippen LogP contribution in [0.2, 0.25) is 0 Å². The predicted octanol–water partition coefficient (Wildman–Crippen LogP) is 2.78. The molecule has 0 aromatic carbocycles. The van der Waals surface area contributed by atoms with Crippen LogP contribution >= 0.6 is 10.6 Å². The van der Waals surface area contributed by atoms with E-state index in [-0.39, 0.29) is 17.1 Å². The van der Waals surface area contributed by atoms with Gasteiger partial charge in [0.1, 0.15) is 24.0 Å². The highest BCUT2D eigenvalue weighted by atomic mass is 32.3. The maximum absolute atomic E-state index is 13.4. The number of aromatic nitrogens is 6. The zero-order valence-electron chi connectivity index (χ0n) is 19.5. The average molecular weight is 487 g/mol. The summed E-state index contributed by atoms with van der Waals surface area (Å²) >= 11 is 0. The maximum atomic E-state index is 13.4. The fraction of sp³-hybridized carbons (Fsp3) is 0.545. The number of aryl methyl sites for hydroxylation is 2. The third-order valence-electron chi connectivity index (χ3n) is 6.87. The molecular weight excluding hydrogens is 456 g/mol. The molecule has 11 nitrogen and oxygen atoms in total. The fourth-order valence-electron chi connectivity index (χ4n) is 5.00. The summed E-state index contributed by atoms with van der Waals surface area (Å²) < 4.78 is 22.6. The first-order valence-corrected chi connectivity index (χ1v) is 13.4. The van der Waals surface area contributed by atoms with Gasteiger partial charge < -0.3 is 14.8 Å². The van der Waals surface area contributed by atoms with E-state index >= 15 is 0 Å². The molecule has 1 amide bonds. The zero-order valence-corrected chi connectivity index (χ0v) is 20.4. The molecule has 34 heavy (non-hydrogen) atoms. The Morgan fingerprint density at radius 3 is 2.65 bits per heavy atom. The number of imidazole rings is 1. The van der Waals surface area contributed by atoms with Gasteiger partial charge in [0.2, 0.25) is 5.91 Å². The first-order valence-electron chi connectivity index (χ1n) is 11.6. The normalized spacial score (nSPS) is 23.1. The average Bonchev–Trinajstić information content (AvgIpc) is 3.50. The Labute approximate surface area is 199 Å². The van der Waals surface area contributed by atoms with Gasteiger partial charge in [-0.05, 0) is 32.6 Å². The Bertz CT molecular complexity index is 1210. The smallest absolute Gasteiger partial charge is 0.245 e. The molecule has 5 rings (SSSR count). The first-order chi connectivity index (χ1) is 16.3. The largest absolute Gasteiger partial charge is 0.356 e. The maximum Gasteiger partial charge on any atom is 0.245 e. The second kappa shape index (κ2) is 8.75. The number of hydrogen-bond acceptors (Lipinski definition) is 9. The van der Waals surface area contributed by atoms with E-state index in [0.717, 1.165) is 12.0 Å². The first kappa shape index (κ1) is 22.9. The number of rotatable bonds is 6. The van der Waals surface area contributed by atoms with Crippen LogP contribution in [0.1, 0.15) is 32.5 Å². The van der Waals surface area contributed by atoms with Gasteiger partial charge in [-0.3, -0.25) is 13.9 Å². The summed E-state index contributed by atoms with van der Waals surface area (Å²) in [4.78, 5) is 37.4. The van der Waals surface area contributed by atoms with Crippen molar-refractivity contribution in [3.05, 3.63) is 24.5 Å². The quantitative estimate of drug-likeness (QED) is 0.479. The Hall–Kier alpha value is -2.83. The molecule has 2 aliphatic rings. The number of amides is 1. The summed E-state index contributed by atoms with van der Waals surface area (Å²) in [5, 5.41) is 3.08. The van der Waals surface area contributed by atoms with Gasteiger partial charge in [-0.1, -0.05) is 6.92 Å². The molecule has 0 unspecified atom stereocenters. The van der Waals surface area contributed by atoms with Crippen LogP contribution in [0.5, 0.6) is 0 Å². The van der Waals surface area contributed by atoms with Crippen molar-refractivity contribution in [3.8, 4) is 11.4 Å². The number of nitrogens with one attached hydrogen (secondary N) is 1. The van der Waals surface area contributed by atoms with Crippen LogP contribution in [-0.2, 0) is 11.3 Å². The lowest BCUT2D eigenvalue weighted by Crippen LogP contribution is -2.42. The van der Waals surface area contributed by atoms with Gasteiger partial charge in [0, 0.05) is 37.8 Å². The highest BCUT2D eigenvalue weighted by Gasteiger charge is 2.48. The molecule has 2 aliphatic heterocycles. The summed E-state index contributed by atoms with van der Waals surface area (Å²) in [6, 6.07) is -0.503. The summed E-state index contributed by atoms with van der Waals surface area (Å²) in [5.74, 6) is 2.43. The van der Waals surface area contributed by atoms with E-state index in [1.807, 2.05) is 25.3 Å². The minimum atomic E-state index is -2.60. The molecule has 0 radical (unpaired) electrons. The van der Waals surface area contributed by atoms with Crippen molar-refractivity contribution >= 4 is 33.5 Å². The van der Waals surface area contributed by atoms with Crippen LogP contribution in [0.25, 0.3) is 22.6 Å². The Balaban J connectivity index is 1.42. The Kier molecular flexibility index (Phi) is 5.90. The van der Waals surface area contributed by atoms with Gasteiger partial charge in [0.15, 0.2) is 17.0 Å². The number of nitrogens with zero attached hydrogens (tertiary/aromatic N) is 7. The summed E-state index contributed by atoms with van der Waals surface area (Å²) in [5.41, 5.74) is 2.03. The van der Waals surface area contributed by atoms with E-state index in [2.05, 4.69) is 25.3 Å². The lowest BCUT2D eigenvalue weighted by molar-refractivity contribution is -0.131. The molecule has 3 aromatic heterocycles. The number of anilines is 1. The van der Waals surface area contributed by atoms with Crippen molar-refractivity contribution < 1.29 is 13.9 Å². The van der Waals surface area contributed by atoms with E-state index in [4.69, 9.17) is 4.98 Å². The fourth-order valence-corrected chi connectivity index (χ4v) is 7.21. The van der Waals surface area contributed by atoms with E-state index in [9.17, 15) is 13.9 Å². The van der Waals surface area contributed by atoms with Gasteiger partial charge >= 0.3 is 0 Å². The van der Waals surface area contributed by atoms with Gasteiger partial charge in [-0.25, -0.2) is 24.9 Å². The molecule has 0 aliphatic carbocycles. The van der Waals surface area contributed by atoms with Crippen LogP contribution in [0.4, 0.5) is 5.82 Å². The second-order valence-electron chi connectivity index (χ2n) is 8.95. The van der Waals surface area contributed by atoms with E-state index in [0.29, 0.717) is 60.4 Å². The van der Waals surface area contributed by atoms with Crippen molar-refractivity contribution in [2.75, 3.05) is 24.2 Å². The van der Waals surface area contributed by atoms with Crippen molar-refractivity contribution in [1.29, 1.82) is 0 Å². The van der Waals surface area contributed by atoms with E-state index < -0.39 is 16.6 Å². The monoisotopic (exact) mass is 486 g/mol. The van der Waals surface area contributed by atoms with Crippen molar-refractivity contribution in [2.45, 2.75) is 51.4 Å². The van der Waals surface area contributed by atoms with Gasteiger partial charge in [-0.2, -0.15) is 10.6 Å². The molecule has 182 valence electrons. The van der Waals surface area contributed by atoms with Crippen LogP contribution in [-0.4, -0.2) is 79.5 Å². The topological polar surface area (TPSA) is 142 Å². The predicted molar refractivity (Wildman–Crippen MR) is 131 cm³/mol. The van der Waals surface area contributed by atoms with Crippen molar-refractivity contribution in [1.82, 2.24) is 34.4 Å². The molecular formula is C22H30N8O3S. The Morgan fingerprint density at radius 2 is 1.97 bits per heavy atom. The molecule has 3 N–H and O–H groups in total. The SMILES string of the molecule is CC[C@@H](Nc1ncnc2c1nc(-c1cnc(C)nc1)n2CC)C(=O)N1C[C@H]2CCS(O)(O)[C@@H]2C1. The molecule has 3 aromatic rings. The molecule has 5 heterocycles. The third kappa shape index (κ3) is 3.89. The van der Waals surface area contributed by atoms with Gasteiger partial charge in [-0.15, -0.1) is 0 Å². The van der Waals surface area contributed by atoms with Crippen LogP contribution in [0, 0.1) is 12.8 Å². The van der Waals surface area contributed by atoms with Gasteiger partial charge in [0.25, 0.3) is 0 Å². The van der Waals surface area contributed by atoms with Crippen LogP contribution < -0.4 is 5.32 Å².